The molecule has 0 rings (SSSR count). The molecule has 0 aliphatic carbocycles. The fourth-order valence-electron chi connectivity index (χ4n) is 1.22. The van der Waals surface area contributed by atoms with Gasteiger partial charge in [-0.2, -0.15) is 0 Å². The number of nitrogens with one attached hydrogen (secondary N) is 2. The Morgan fingerprint density at radius 2 is 2.00 bits per heavy atom. The van der Waals surface area contributed by atoms with Crippen LogP contribution < -0.4 is 10.6 Å². The molecule has 0 aromatic carbocycles. The molecule has 0 spiro atoms. The monoisotopic (exact) mass is 194 g/mol. The Labute approximate surface area is 87.8 Å². The van der Waals surface area contributed by atoms with Gasteiger partial charge in [-0.05, 0) is 31.7 Å². The molecule has 0 bridgehead atoms. The second-order valence-electron chi connectivity index (χ2n) is 3.14. The van der Waals surface area contributed by atoms with Crippen LogP contribution in [0.15, 0.2) is 37.7 Å². The van der Waals surface area contributed by atoms with Crippen LogP contribution in [0.25, 0.3) is 0 Å². The van der Waals surface area contributed by atoms with E-state index in [1.165, 1.54) is 0 Å². The van der Waals surface area contributed by atoms with Gasteiger partial charge >= 0.3 is 0 Å². The predicted octanol–water partition coefficient (Wildman–Crippen LogP) is 2.57. The van der Waals surface area contributed by atoms with Gasteiger partial charge in [-0.3, -0.25) is 0 Å². The molecule has 1 atom stereocenters. The van der Waals surface area contributed by atoms with Crippen molar-refractivity contribution in [2.24, 2.45) is 0 Å². The zero-order valence-corrected chi connectivity index (χ0v) is 9.13. The van der Waals surface area contributed by atoms with Gasteiger partial charge in [0.05, 0.1) is 0 Å². The lowest BCUT2D eigenvalue weighted by Crippen LogP contribution is -2.33. The minimum Gasteiger partial charge on any atom is -0.389 e. The van der Waals surface area contributed by atoms with Gasteiger partial charge in [0.15, 0.2) is 0 Å². The molecule has 0 saturated heterocycles. The first-order valence-corrected chi connectivity index (χ1v) is 5.21. The van der Waals surface area contributed by atoms with Crippen LogP contribution in [0.1, 0.15) is 26.2 Å². The van der Waals surface area contributed by atoms with Crippen molar-refractivity contribution in [2.45, 2.75) is 32.2 Å². The number of allylic oxidation sites excluding steroid dienone is 2. The van der Waals surface area contributed by atoms with E-state index in [1.807, 2.05) is 0 Å². The van der Waals surface area contributed by atoms with Crippen LogP contribution in [0.2, 0.25) is 0 Å². The first-order chi connectivity index (χ1) is 6.85. The lowest BCUT2D eigenvalue weighted by atomic mass is 10.1. The third-order valence-corrected chi connectivity index (χ3v) is 1.95. The molecule has 0 radical (unpaired) electrons. The molecule has 0 aliphatic rings. The van der Waals surface area contributed by atoms with Gasteiger partial charge in [-0.1, -0.05) is 32.2 Å². The van der Waals surface area contributed by atoms with Crippen molar-refractivity contribution in [1.82, 2.24) is 10.6 Å². The summed E-state index contributed by atoms with van der Waals surface area (Å²) in [6.45, 7) is 10.3. The van der Waals surface area contributed by atoms with E-state index in [0.29, 0.717) is 6.04 Å². The van der Waals surface area contributed by atoms with E-state index in [0.717, 1.165) is 25.8 Å². The summed E-state index contributed by atoms with van der Waals surface area (Å²) in [5.74, 6) is 0. The highest BCUT2D eigenvalue weighted by Crippen LogP contribution is 1.98. The first-order valence-electron chi connectivity index (χ1n) is 5.21. The summed E-state index contributed by atoms with van der Waals surface area (Å²) < 4.78 is 0. The summed E-state index contributed by atoms with van der Waals surface area (Å²) in [4.78, 5) is 0. The Hall–Kier alpha value is -1.18. The van der Waals surface area contributed by atoms with E-state index < -0.39 is 0 Å². The van der Waals surface area contributed by atoms with Crippen molar-refractivity contribution in [3.63, 3.8) is 0 Å². The molecule has 0 saturated carbocycles. The Morgan fingerprint density at radius 1 is 1.21 bits per heavy atom. The van der Waals surface area contributed by atoms with Crippen molar-refractivity contribution in [3.05, 3.63) is 37.7 Å². The number of rotatable bonds is 9. The van der Waals surface area contributed by atoms with Crippen LogP contribution >= 0.6 is 0 Å². The highest BCUT2D eigenvalue weighted by molar-refractivity contribution is 4.85. The van der Waals surface area contributed by atoms with Crippen LogP contribution in [-0.2, 0) is 0 Å². The van der Waals surface area contributed by atoms with Gasteiger partial charge < -0.3 is 10.6 Å². The summed E-state index contributed by atoms with van der Waals surface area (Å²) in [5, 5.41) is 6.32. The van der Waals surface area contributed by atoms with Crippen LogP contribution in [0.5, 0.6) is 0 Å². The summed E-state index contributed by atoms with van der Waals surface area (Å²) in [6.07, 6.45) is 11.2. The van der Waals surface area contributed by atoms with Gasteiger partial charge in [0.1, 0.15) is 0 Å². The molecule has 0 aromatic rings. The minimum absolute atomic E-state index is 0.437. The van der Waals surface area contributed by atoms with E-state index in [9.17, 15) is 0 Å². The Kier molecular flexibility index (Phi) is 9.07. The normalized spacial score (nSPS) is 12.4. The molecule has 0 aromatic heterocycles. The van der Waals surface area contributed by atoms with Crippen LogP contribution in [-0.4, -0.2) is 12.6 Å². The average molecular weight is 194 g/mol. The van der Waals surface area contributed by atoms with Gasteiger partial charge in [-0.25, -0.2) is 0 Å². The van der Waals surface area contributed by atoms with Gasteiger partial charge in [0, 0.05) is 12.6 Å². The molecule has 0 heterocycles. The van der Waals surface area contributed by atoms with Crippen molar-refractivity contribution in [2.75, 3.05) is 6.54 Å². The first kappa shape index (κ1) is 12.8. The molecule has 14 heavy (non-hydrogen) atoms. The lowest BCUT2D eigenvalue weighted by Gasteiger charge is -2.16. The average Bonchev–Trinajstić information content (AvgIpc) is 2.20. The number of hydrogen-bond donors (Lipinski definition) is 2. The van der Waals surface area contributed by atoms with Gasteiger partial charge in [0.25, 0.3) is 0 Å². The molecule has 2 nitrogen and oxygen atoms in total. The summed E-state index contributed by atoms with van der Waals surface area (Å²) in [5.41, 5.74) is 0. The van der Waals surface area contributed by atoms with Crippen molar-refractivity contribution >= 4 is 0 Å². The smallest absolute Gasteiger partial charge is 0.0431 e. The quantitative estimate of drug-likeness (QED) is 0.551. The van der Waals surface area contributed by atoms with E-state index in [2.05, 4.69) is 42.9 Å². The second kappa shape index (κ2) is 9.90. The largest absolute Gasteiger partial charge is 0.389 e. The fraction of sp³-hybridized carbons (Fsp3) is 0.500. The highest BCUT2D eigenvalue weighted by atomic mass is 15.0. The van der Waals surface area contributed by atoms with E-state index in [1.54, 1.807) is 12.4 Å². The highest BCUT2D eigenvalue weighted by Gasteiger charge is 2.02. The molecule has 0 aliphatic heterocycles. The van der Waals surface area contributed by atoms with Crippen molar-refractivity contribution in [1.29, 1.82) is 0 Å². The van der Waals surface area contributed by atoms with Crippen LogP contribution in [0, 0.1) is 0 Å². The second-order valence-corrected chi connectivity index (χ2v) is 3.14. The maximum Gasteiger partial charge on any atom is 0.0431 e. The standard InChI is InChI=1S/C12H22N2/c1-4-7-8-9-10-12(14-6-3)11-13-5-2/h5-8,12-14H,2-4,9-11H2,1H3/b8-7-. The molecular weight excluding hydrogens is 172 g/mol. The molecule has 0 fully saturated rings. The lowest BCUT2D eigenvalue weighted by molar-refractivity contribution is 0.529. The Bertz CT molecular complexity index is 173. The molecule has 0 amide bonds. The van der Waals surface area contributed by atoms with E-state index >= 15 is 0 Å². The molecule has 2 heteroatoms. The van der Waals surface area contributed by atoms with Gasteiger partial charge in [-0.15, -0.1) is 0 Å². The predicted molar refractivity (Wildman–Crippen MR) is 64.0 cm³/mol. The third kappa shape index (κ3) is 7.47. The van der Waals surface area contributed by atoms with Gasteiger partial charge in [0.2, 0.25) is 0 Å². The topological polar surface area (TPSA) is 24.1 Å². The summed E-state index contributed by atoms with van der Waals surface area (Å²) in [7, 11) is 0. The molecule has 80 valence electrons. The zero-order chi connectivity index (χ0) is 10.6. The SMILES string of the molecule is C=CNCC(CC/C=C\CC)NC=C. The minimum atomic E-state index is 0.437. The van der Waals surface area contributed by atoms with Crippen molar-refractivity contribution in [3.8, 4) is 0 Å². The molecular formula is C12H22N2. The Morgan fingerprint density at radius 3 is 2.57 bits per heavy atom. The summed E-state index contributed by atoms with van der Waals surface area (Å²) >= 11 is 0. The summed E-state index contributed by atoms with van der Waals surface area (Å²) in [6, 6.07) is 0.437. The molecule has 1 unspecified atom stereocenters. The van der Waals surface area contributed by atoms with E-state index in [-0.39, 0.29) is 0 Å². The van der Waals surface area contributed by atoms with Crippen molar-refractivity contribution < 1.29 is 0 Å². The van der Waals surface area contributed by atoms with Crippen LogP contribution in [0.3, 0.4) is 0 Å². The number of hydrogen-bond acceptors (Lipinski definition) is 2. The Balaban J connectivity index is 3.65. The van der Waals surface area contributed by atoms with E-state index in [4.69, 9.17) is 0 Å². The zero-order valence-electron chi connectivity index (χ0n) is 9.13. The maximum atomic E-state index is 3.67. The third-order valence-electron chi connectivity index (χ3n) is 1.95. The maximum absolute atomic E-state index is 3.67. The molecule has 2 N–H and O–H groups in total. The van der Waals surface area contributed by atoms with Crippen LogP contribution in [0.4, 0.5) is 0 Å². The fourth-order valence-corrected chi connectivity index (χ4v) is 1.22.